The van der Waals surface area contributed by atoms with E-state index in [1.165, 1.54) is 6.07 Å². The highest BCUT2D eigenvalue weighted by atomic mass is 32.2. The molecular weight excluding hydrogens is 391 g/mol. The van der Waals surface area contributed by atoms with Gasteiger partial charge in [0.15, 0.2) is 5.82 Å². The molecule has 2 aromatic carbocycles. The number of hydrogen-bond acceptors (Lipinski definition) is 5. The van der Waals surface area contributed by atoms with Crippen molar-refractivity contribution in [2.75, 3.05) is 18.4 Å². The molecule has 0 atom stereocenters. The molecule has 2 heterocycles. The van der Waals surface area contributed by atoms with Gasteiger partial charge >= 0.3 is 0 Å². The van der Waals surface area contributed by atoms with Crippen molar-refractivity contribution in [3.8, 4) is 11.3 Å². The van der Waals surface area contributed by atoms with E-state index in [1.54, 1.807) is 58.9 Å². The fourth-order valence-electron chi connectivity index (χ4n) is 3.32. The lowest BCUT2D eigenvalue weighted by atomic mass is 10.1. The third kappa shape index (κ3) is 4.28. The van der Waals surface area contributed by atoms with E-state index in [-0.39, 0.29) is 10.7 Å². The summed E-state index contributed by atoms with van der Waals surface area (Å²) in [6.07, 6.45) is 2.88. The van der Waals surface area contributed by atoms with Crippen molar-refractivity contribution in [3.05, 3.63) is 66.5 Å². The Morgan fingerprint density at radius 1 is 0.862 bits per heavy atom. The zero-order valence-electron chi connectivity index (χ0n) is 15.8. The number of nitrogens with one attached hydrogen (secondary N) is 1. The van der Waals surface area contributed by atoms with Gasteiger partial charge in [-0.1, -0.05) is 18.6 Å². The molecular formula is C21H21FN4O2S. The van der Waals surface area contributed by atoms with Crippen molar-refractivity contribution in [2.45, 2.75) is 24.2 Å². The predicted octanol–water partition coefficient (Wildman–Crippen LogP) is 4.20. The Bertz CT molecular complexity index is 1080. The van der Waals surface area contributed by atoms with Crippen LogP contribution >= 0.6 is 0 Å². The highest BCUT2D eigenvalue weighted by molar-refractivity contribution is 7.89. The summed E-state index contributed by atoms with van der Waals surface area (Å²) in [5.41, 5.74) is 1.52. The van der Waals surface area contributed by atoms with E-state index in [4.69, 9.17) is 0 Å². The Morgan fingerprint density at radius 2 is 1.59 bits per heavy atom. The lowest BCUT2D eigenvalue weighted by molar-refractivity contribution is 0.346. The molecule has 4 rings (SSSR count). The van der Waals surface area contributed by atoms with E-state index in [2.05, 4.69) is 15.5 Å². The summed E-state index contributed by atoms with van der Waals surface area (Å²) >= 11 is 0. The average molecular weight is 412 g/mol. The molecule has 1 N–H and O–H groups in total. The summed E-state index contributed by atoms with van der Waals surface area (Å²) in [7, 11) is -3.45. The first-order valence-electron chi connectivity index (χ1n) is 9.50. The molecule has 1 fully saturated rings. The van der Waals surface area contributed by atoms with Gasteiger partial charge in [0, 0.05) is 24.3 Å². The second-order valence-electron chi connectivity index (χ2n) is 6.90. The van der Waals surface area contributed by atoms with Crippen LogP contribution in [0.4, 0.5) is 15.9 Å². The predicted molar refractivity (Wildman–Crippen MR) is 110 cm³/mol. The quantitative estimate of drug-likeness (QED) is 0.680. The van der Waals surface area contributed by atoms with Crippen molar-refractivity contribution in [3.63, 3.8) is 0 Å². The fourth-order valence-corrected chi connectivity index (χ4v) is 4.84. The van der Waals surface area contributed by atoms with Gasteiger partial charge in [-0.3, -0.25) is 0 Å². The molecule has 29 heavy (non-hydrogen) atoms. The monoisotopic (exact) mass is 412 g/mol. The van der Waals surface area contributed by atoms with Crippen LogP contribution in [0.15, 0.2) is 65.6 Å². The van der Waals surface area contributed by atoms with Crippen LogP contribution in [0.5, 0.6) is 0 Å². The van der Waals surface area contributed by atoms with Crippen LogP contribution in [0.3, 0.4) is 0 Å². The topological polar surface area (TPSA) is 75.2 Å². The lowest BCUT2D eigenvalue weighted by Crippen LogP contribution is -2.35. The minimum absolute atomic E-state index is 0.283. The van der Waals surface area contributed by atoms with E-state index in [0.717, 1.165) is 19.3 Å². The fraction of sp³-hybridized carbons (Fsp3) is 0.238. The number of halogens is 1. The van der Waals surface area contributed by atoms with E-state index in [0.29, 0.717) is 35.9 Å². The number of sulfonamides is 1. The molecule has 0 aliphatic carbocycles. The molecule has 1 saturated heterocycles. The van der Waals surface area contributed by atoms with Crippen LogP contribution in [-0.2, 0) is 10.0 Å². The molecule has 0 radical (unpaired) electrons. The largest absolute Gasteiger partial charge is 0.339 e. The first-order chi connectivity index (χ1) is 14.0. The Balaban J connectivity index is 1.47. The Labute approximate surface area is 169 Å². The molecule has 0 spiro atoms. The molecule has 150 valence electrons. The van der Waals surface area contributed by atoms with Crippen LogP contribution in [0.1, 0.15) is 19.3 Å². The van der Waals surface area contributed by atoms with Gasteiger partial charge in [0.05, 0.1) is 10.6 Å². The summed E-state index contributed by atoms with van der Waals surface area (Å²) < 4.78 is 40.8. The number of hydrogen-bond donors (Lipinski definition) is 1. The highest BCUT2D eigenvalue weighted by Gasteiger charge is 2.25. The van der Waals surface area contributed by atoms with Gasteiger partial charge < -0.3 is 5.32 Å². The van der Waals surface area contributed by atoms with Crippen LogP contribution < -0.4 is 5.32 Å². The first-order valence-corrected chi connectivity index (χ1v) is 10.9. The molecule has 1 aromatic heterocycles. The maximum Gasteiger partial charge on any atom is 0.243 e. The SMILES string of the molecule is O=S(=O)(c1ccc(Nc2ccc(-c3ccccc3F)nn2)cc1)N1CCCCC1. The second kappa shape index (κ2) is 8.26. The van der Waals surface area contributed by atoms with Gasteiger partial charge in [-0.05, 0) is 61.4 Å². The number of benzene rings is 2. The normalized spacial score (nSPS) is 15.2. The zero-order chi connectivity index (χ0) is 20.3. The summed E-state index contributed by atoms with van der Waals surface area (Å²) in [6, 6.07) is 16.4. The number of aromatic nitrogens is 2. The van der Waals surface area contributed by atoms with Gasteiger partial charge in [0.2, 0.25) is 10.0 Å². The molecule has 0 saturated carbocycles. The molecule has 0 amide bonds. The Hall–Kier alpha value is -2.84. The summed E-state index contributed by atoms with van der Waals surface area (Å²) in [5, 5.41) is 11.2. The van der Waals surface area contributed by atoms with Crippen LogP contribution in [-0.4, -0.2) is 36.0 Å². The summed E-state index contributed by atoms with van der Waals surface area (Å²) in [4.78, 5) is 0.283. The van der Waals surface area contributed by atoms with Crippen molar-refractivity contribution in [2.24, 2.45) is 0 Å². The molecule has 3 aromatic rings. The van der Waals surface area contributed by atoms with Crippen molar-refractivity contribution in [1.82, 2.24) is 14.5 Å². The van der Waals surface area contributed by atoms with E-state index >= 15 is 0 Å². The maximum absolute atomic E-state index is 13.9. The molecule has 6 nitrogen and oxygen atoms in total. The summed E-state index contributed by atoms with van der Waals surface area (Å²) in [5.74, 6) is 0.129. The molecule has 0 bridgehead atoms. The third-order valence-electron chi connectivity index (χ3n) is 4.89. The summed E-state index contributed by atoms with van der Waals surface area (Å²) in [6.45, 7) is 1.15. The van der Waals surface area contributed by atoms with Gasteiger partial charge in [0.1, 0.15) is 5.82 Å². The van der Waals surface area contributed by atoms with Crippen molar-refractivity contribution in [1.29, 1.82) is 0 Å². The highest BCUT2D eigenvalue weighted by Crippen LogP contribution is 2.24. The third-order valence-corrected chi connectivity index (χ3v) is 6.81. The average Bonchev–Trinajstić information content (AvgIpc) is 2.76. The van der Waals surface area contributed by atoms with Gasteiger partial charge in [0.25, 0.3) is 0 Å². The Kier molecular flexibility index (Phi) is 5.55. The molecule has 1 aliphatic rings. The van der Waals surface area contributed by atoms with E-state index in [1.807, 2.05) is 0 Å². The molecule has 8 heteroatoms. The zero-order valence-corrected chi connectivity index (χ0v) is 16.6. The minimum atomic E-state index is -3.45. The van der Waals surface area contributed by atoms with Gasteiger partial charge in [-0.2, -0.15) is 4.31 Å². The number of nitrogens with zero attached hydrogens (tertiary/aromatic N) is 3. The van der Waals surface area contributed by atoms with Gasteiger partial charge in [-0.15, -0.1) is 10.2 Å². The van der Waals surface area contributed by atoms with Crippen LogP contribution in [0.25, 0.3) is 11.3 Å². The molecule has 1 aliphatic heterocycles. The smallest absolute Gasteiger partial charge is 0.243 e. The number of anilines is 2. The second-order valence-corrected chi connectivity index (χ2v) is 8.84. The lowest BCUT2D eigenvalue weighted by Gasteiger charge is -2.25. The van der Waals surface area contributed by atoms with Gasteiger partial charge in [-0.25, -0.2) is 12.8 Å². The Morgan fingerprint density at radius 3 is 2.24 bits per heavy atom. The van der Waals surface area contributed by atoms with Crippen molar-refractivity contribution >= 4 is 21.5 Å². The molecule has 0 unspecified atom stereocenters. The maximum atomic E-state index is 13.9. The first kappa shape index (κ1) is 19.5. The van der Waals surface area contributed by atoms with E-state index < -0.39 is 10.0 Å². The van der Waals surface area contributed by atoms with Crippen LogP contribution in [0, 0.1) is 5.82 Å². The number of piperidine rings is 1. The minimum Gasteiger partial charge on any atom is -0.339 e. The van der Waals surface area contributed by atoms with Crippen LogP contribution in [0.2, 0.25) is 0 Å². The standard InChI is InChI=1S/C21H21FN4O2S/c22-19-7-3-2-6-18(19)20-12-13-21(25-24-20)23-16-8-10-17(11-9-16)29(27,28)26-14-4-1-5-15-26/h2-3,6-13H,1,4-5,14-15H2,(H,23,25). The van der Waals surface area contributed by atoms with Crippen molar-refractivity contribution < 1.29 is 12.8 Å². The number of rotatable bonds is 5. The van der Waals surface area contributed by atoms with E-state index in [9.17, 15) is 12.8 Å².